The Morgan fingerprint density at radius 2 is 1.58 bits per heavy atom. The largest absolute Gasteiger partial charge is 0.390 e. The Morgan fingerprint density at radius 3 is 2.08 bits per heavy atom. The summed E-state index contributed by atoms with van der Waals surface area (Å²) in [4.78, 5) is 12.3. The van der Waals surface area contributed by atoms with Gasteiger partial charge >= 0.3 is 0 Å². The van der Waals surface area contributed by atoms with E-state index in [-0.39, 0.29) is 17.5 Å². The highest BCUT2D eigenvalue weighted by Gasteiger charge is 2.15. The normalized spacial score (nSPS) is 18.8. The summed E-state index contributed by atoms with van der Waals surface area (Å²) in [7, 11) is 0. The van der Waals surface area contributed by atoms with Crippen molar-refractivity contribution in [3.8, 4) is 6.07 Å². The van der Waals surface area contributed by atoms with Crippen molar-refractivity contribution in [2.75, 3.05) is 12.4 Å². The predicted molar refractivity (Wildman–Crippen MR) is 99.8 cm³/mol. The van der Waals surface area contributed by atoms with E-state index in [9.17, 15) is 10.1 Å². The number of nitriles is 1. The van der Waals surface area contributed by atoms with Gasteiger partial charge in [0.05, 0.1) is 0 Å². The van der Waals surface area contributed by atoms with Crippen LogP contribution < -0.4 is 10.6 Å². The molecule has 1 fully saturated rings. The molecule has 24 heavy (non-hydrogen) atoms. The van der Waals surface area contributed by atoms with Gasteiger partial charge in [-0.1, -0.05) is 57.8 Å². The molecule has 0 spiro atoms. The topological polar surface area (TPSA) is 64.9 Å². The molecule has 0 unspecified atom stereocenters. The van der Waals surface area contributed by atoms with Gasteiger partial charge in [-0.05, 0) is 19.3 Å². The van der Waals surface area contributed by atoms with Crippen LogP contribution in [0.15, 0.2) is 11.8 Å². The van der Waals surface area contributed by atoms with Crippen LogP contribution in [0.5, 0.6) is 0 Å². The zero-order valence-corrected chi connectivity index (χ0v) is 15.5. The number of rotatable bonds is 6. The van der Waals surface area contributed by atoms with E-state index >= 15 is 0 Å². The maximum Gasteiger partial charge on any atom is 0.263 e. The molecule has 0 saturated heterocycles. The Hall–Kier alpha value is -1.21. The number of halogens is 1. The summed E-state index contributed by atoms with van der Waals surface area (Å²) in [5.74, 6) is 0.310. The SMILES string of the molecule is N#C/C(=C/NCCCCl)C(=O)NC1CCCCCCCCCCC1. The Labute approximate surface area is 152 Å². The Balaban J connectivity index is 2.47. The number of nitrogens with zero attached hydrogens (tertiary/aromatic N) is 1. The van der Waals surface area contributed by atoms with Crippen molar-refractivity contribution < 1.29 is 4.79 Å². The Bertz CT molecular complexity index is 405. The molecule has 0 aromatic heterocycles. The lowest BCUT2D eigenvalue weighted by molar-refractivity contribution is -0.117. The first kappa shape index (κ1) is 20.8. The second kappa shape index (κ2) is 14.2. The molecule has 0 bridgehead atoms. The number of carbonyl (C=O) groups is 1. The van der Waals surface area contributed by atoms with E-state index in [0.29, 0.717) is 12.4 Å². The summed E-state index contributed by atoms with van der Waals surface area (Å²) in [6.45, 7) is 0.672. The van der Waals surface area contributed by atoms with Crippen molar-refractivity contribution in [2.24, 2.45) is 0 Å². The van der Waals surface area contributed by atoms with E-state index in [1.54, 1.807) is 0 Å². The molecule has 0 aromatic carbocycles. The molecular weight excluding hydrogens is 322 g/mol. The van der Waals surface area contributed by atoms with Crippen LogP contribution in [-0.4, -0.2) is 24.4 Å². The van der Waals surface area contributed by atoms with E-state index < -0.39 is 0 Å². The molecule has 0 radical (unpaired) electrons. The van der Waals surface area contributed by atoms with E-state index in [1.807, 2.05) is 6.07 Å². The first-order valence-electron chi connectivity index (χ1n) is 9.48. The standard InChI is InChI=1S/C19H32ClN3O/c20-13-10-14-22-16-17(15-21)19(24)23-18-11-8-6-4-2-1-3-5-7-9-12-18/h16,18,22H,1-14H2,(H,23,24)/b17-16-. The quantitative estimate of drug-likeness (QED) is 0.322. The zero-order valence-electron chi connectivity index (χ0n) is 14.8. The fourth-order valence-electron chi connectivity index (χ4n) is 3.06. The number of nitrogens with one attached hydrogen (secondary N) is 2. The van der Waals surface area contributed by atoms with Gasteiger partial charge in [0.25, 0.3) is 5.91 Å². The summed E-state index contributed by atoms with van der Waals surface area (Å²) in [6.07, 6.45) is 15.8. The van der Waals surface area contributed by atoms with Gasteiger partial charge in [0.2, 0.25) is 0 Å². The van der Waals surface area contributed by atoms with Gasteiger partial charge in [0, 0.05) is 24.7 Å². The minimum Gasteiger partial charge on any atom is -0.390 e. The molecule has 1 aliphatic carbocycles. The van der Waals surface area contributed by atoms with E-state index in [2.05, 4.69) is 10.6 Å². The fraction of sp³-hybridized carbons (Fsp3) is 0.789. The first-order valence-corrected chi connectivity index (χ1v) is 10.0. The monoisotopic (exact) mass is 353 g/mol. The molecular formula is C19H32ClN3O. The molecule has 0 heterocycles. The van der Waals surface area contributed by atoms with Crippen LogP contribution in [0.1, 0.15) is 77.0 Å². The molecule has 0 aliphatic heterocycles. The fourth-order valence-corrected chi connectivity index (χ4v) is 3.20. The predicted octanol–water partition coefficient (Wildman–Crippen LogP) is 4.40. The third-order valence-electron chi connectivity index (χ3n) is 4.51. The van der Waals surface area contributed by atoms with E-state index in [1.165, 1.54) is 51.1 Å². The highest BCUT2D eigenvalue weighted by molar-refractivity contribution is 6.17. The number of hydrogen-bond acceptors (Lipinski definition) is 3. The van der Waals surface area contributed by atoms with Gasteiger partial charge < -0.3 is 10.6 Å². The maximum atomic E-state index is 12.3. The van der Waals surface area contributed by atoms with Crippen LogP contribution in [0.2, 0.25) is 0 Å². The summed E-state index contributed by atoms with van der Waals surface area (Å²) < 4.78 is 0. The molecule has 1 amide bonds. The molecule has 5 heteroatoms. The van der Waals surface area contributed by atoms with Crippen LogP contribution in [0, 0.1) is 11.3 Å². The average molecular weight is 354 g/mol. The lowest BCUT2D eigenvalue weighted by Crippen LogP contribution is -2.36. The minimum absolute atomic E-state index is 0.149. The molecule has 2 N–H and O–H groups in total. The van der Waals surface area contributed by atoms with Crippen molar-refractivity contribution in [1.82, 2.24) is 10.6 Å². The van der Waals surface area contributed by atoms with E-state index in [4.69, 9.17) is 11.6 Å². The highest BCUT2D eigenvalue weighted by atomic mass is 35.5. The molecule has 0 atom stereocenters. The zero-order chi connectivity index (χ0) is 17.5. The second-order valence-corrected chi connectivity index (χ2v) is 6.97. The van der Waals surface area contributed by atoms with Gasteiger partial charge in [-0.3, -0.25) is 4.79 Å². The van der Waals surface area contributed by atoms with Gasteiger partial charge in [-0.25, -0.2) is 0 Å². The minimum atomic E-state index is -0.257. The number of carbonyl (C=O) groups excluding carboxylic acids is 1. The Kier molecular flexibility index (Phi) is 12.3. The van der Waals surface area contributed by atoms with Crippen molar-refractivity contribution in [3.63, 3.8) is 0 Å². The van der Waals surface area contributed by atoms with Crippen molar-refractivity contribution in [2.45, 2.75) is 83.1 Å². The van der Waals surface area contributed by atoms with Crippen LogP contribution in [0.4, 0.5) is 0 Å². The van der Waals surface area contributed by atoms with Crippen molar-refractivity contribution >= 4 is 17.5 Å². The smallest absolute Gasteiger partial charge is 0.263 e. The van der Waals surface area contributed by atoms with Gasteiger partial charge in [0.1, 0.15) is 11.6 Å². The van der Waals surface area contributed by atoms with Crippen LogP contribution in [-0.2, 0) is 4.79 Å². The third kappa shape index (κ3) is 9.82. The lowest BCUT2D eigenvalue weighted by atomic mass is 9.98. The van der Waals surface area contributed by atoms with Crippen LogP contribution in [0.3, 0.4) is 0 Å². The number of amides is 1. The van der Waals surface area contributed by atoms with Gasteiger partial charge in [0.15, 0.2) is 0 Å². The Morgan fingerprint density at radius 1 is 1.04 bits per heavy atom. The van der Waals surface area contributed by atoms with Gasteiger partial charge in [-0.2, -0.15) is 5.26 Å². The lowest BCUT2D eigenvalue weighted by Gasteiger charge is -2.19. The molecule has 1 aliphatic rings. The van der Waals surface area contributed by atoms with Crippen LogP contribution >= 0.6 is 11.6 Å². The first-order chi connectivity index (χ1) is 11.8. The summed E-state index contributed by atoms with van der Waals surface area (Å²) in [5.41, 5.74) is 0.149. The molecule has 1 rings (SSSR count). The molecule has 136 valence electrons. The van der Waals surface area contributed by atoms with Crippen molar-refractivity contribution in [1.29, 1.82) is 5.26 Å². The van der Waals surface area contributed by atoms with E-state index in [0.717, 1.165) is 32.1 Å². The average Bonchev–Trinajstić information content (AvgIpc) is 2.57. The summed E-state index contributed by atoms with van der Waals surface area (Å²) in [6, 6.07) is 2.18. The maximum absolute atomic E-state index is 12.3. The van der Waals surface area contributed by atoms with Crippen LogP contribution in [0.25, 0.3) is 0 Å². The molecule has 1 saturated carbocycles. The second-order valence-electron chi connectivity index (χ2n) is 6.60. The molecule has 4 nitrogen and oxygen atoms in total. The number of hydrogen-bond donors (Lipinski definition) is 2. The molecule has 0 aromatic rings. The summed E-state index contributed by atoms with van der Waals surface area (Å²) >= 11 is 5.61. The number of alkyl halides is 1. The van der Waals surface area contributed by atoms with Crippen molar-refractivity contribution in [3.05, 3.63) is 11.8 Å². The third-order valence-corrected chi connectivity index (χ3v) is 4.77. The highest BCUT2D eigenvalue weighted by Crippen LogP contribution is 2.17. The van der Waals surface area contributed by atoms with Gasteiger partial charge in [-0.15, -0.1) is 11.6 Å². The summed E-state index contributed by atoms with van der Waals surface area (Å²) in [5, 5.41) is 15.2.